The molecule has 0 amide bonds. The zero-order valence-corrected chi connectivity index (χ0v) is 11.2. The monoisotopic (exact) mass is 287 g/mol. The molecule has 104 valence electrons. The van der Waals surface area contributed by atoms with Crippen molar-refractivity contribution in [3.05, 3.63) is 29.6 Å². The predicted octanol–water partition coefficient (Wildman–Crippen LogP) is 1.37. The lowest BCUT2D eigenvalue weighted by Crippen LogP contribution is -2.40. The fraction of sp³-hybridized carbons (Fsp3) is 0.417. The molecule has 1 heterocycles. The molecule has 0 bridgehead atoms. The Morgan fingerprint density at radius 2 is 2.16 bits per heavy atom. The Labute approximate surface area is 110 Å². The van der Waals surface area contributed by atoms with E-state index in [-0.39, 0.29) is 13.0 Å². The van der Waals surface area contributed by atoms with Gasteiger partial charge in [-0.1, -0.05) is 6.07 Å². The van der Waals surface area contributed by atoms with E-state index < -0.39 is 32.7 Å². The van der Waals surface area contributed by atoms with Crippen LogP contribution in [0.25, 0.3) is 0 Å². The van der Waals surface area contributed by atoms with E-state index in [0.29, 0.717) is 12.0 Å². The van der Waals surface area contributed by atoms with E-state index in [2.05, 4.69) is 0 Å². The first-order valence-corrected chi connectivity index (χ1v) is 7.29. The number of aliphatic carboxylic acids is 1. The largest absolute Gasteiger partial charge is 0.480 e. The molecule has 1 aliphatic heterocycles. The summed E-state index contributed by atoms with van der Waals surface area (Å²) >= 11 is 0. The molecule has 7 heteroatoms. The van der Waals surface area contributed by atoms with Crippen LogP contribution in [0.1, 0.15) is 18.4 Å². The Morgan fingerprint density at radius 3 is 2.74 bits per heavy atom. The lowest BCUT2D eigenvalue weighted by molar-refractivity contribution is -0.140. The number of hydrogen-bond acceptors (Lipinski definition) is 3. The maximum Gasteiger partial charge on any atom is 0.322 e. The minimum Gasteiger partial charge on any atom is -0.480 e. The SMILES string of the molecule is Cc1ccc(S(=O)(=O)N2CCC[C@H]2C(=O)O)c(F)c1. The minimum absolute atomic E-state index is 0.104. The highest BCUT2D eigenvalue weighted by Crippen LogP contribution is 2.27. The smallest absolute Gasteiger partial charge is 0.322 e. The van der Waals surface area contributed by atoms with E-state index in [1.54, 1.807) is 6.92 Å². The Balaban J connectivity index is 2.45. The molecular formula is C12H14FNO4S. The van der Waals surface area contributed by atoms with Gasteiger partial charge in [-0.05, 0) is 37.5 Å². The molecule has 1 aromatic rings. The van der Waals surface area contributed by atoms with E-state index in [1.807, 2.05) is 0 Å². The van der Waals surface area contributed by atoms with Crippen molar-refractivity contribution >= 4 is 16.0 Å². The molecule has 1 fully saturated rings. The highest BCUT2D eigenvalue weighted by molar-refractivity contribution is 7.89. The number of nitrogens with zero attached hydrogens (tertiary/aromatic N) is 1. The summed E-state index contributed by atoms with van der Waals surface area (Å²) in [4.78, 5) is 10.6. The number of halogens is 1. The molecule has 1 atom stereocenters. The average Bonchev–Trinajstić information content (AvgIpc) is 2.77. The maximum atomic E-state index is 13.8. The normalized spacial score (nSPS) is 20.6. The second kappa shape index (κ2) is 4.90. The van der Waals surface area contributed by atoms with Crippen molar-refractivity contribution in [1.29, 1.82) is 0 Å². The van der Waals surface area contributed by atoms with Crippen molar-refractivity contribution < 1.29 is 22.7 Å². The molecule has 19 heavy (non-hydrogen) atoms. The molecule has 0 unspecified atom stereocenters. The third-order valence-corrected chi connectivity index (χ3v) is 5.10. The highest BCUT2D eigenvalue weighted by Gasteiger charge is 2.40. The van der Waals surface area contributed by atoms with E-state index in [1.165, 1.54) is 12.1 Å². The van der Waals surface area contributed by atoms with Gasteiger partial charge < -0.3 is 5.11 Å². The van der Waals surface area contributed by atoms with E-state index in [0.717, 1.165) is 10.4 Å². The summed E-state index contributed by atoms with van der Waals surface area (Å²) in [6, 6.07) is 2.68. The van der Waals surface area contributed by atoms with Crippen LogP contribution in [-0.4, -0.2) is 36.4 Å². The van der Waals surface area contributed by atoms with Crippen LogP contribution in [0.5, 0.6) is 0 Å². The zero-order chi connectivity index (χ0) is 14.2. The summed E-state index contributed by atoms with van der Waals surface area (Å²) in [5.74, 6) is -2.05. The van der Waals surface area contributed by atoms with Gasteiger partial charge in [0.2, 0.25) is 10.0 Å². The second-order valence-corrected chi connectivity index (χ2v) is 6.40. The van der Waals surface area contributed by atoms with Crippen molar-refractivity contribution in [2.75, 3.05) is 6.54 Å². The average molecular weight is 287 g/mol. The van der Waals surface area contributed by atoms with Gasteiger partial charge in [0, 0.05) is 6.54 Å². The fourth-order valence-electron chi connectivity index (χ4n) is 2.22. The molecule has 1 N–H and O–H groups in total. The van der Waals surface area contributed by atoms with Crippen LogP contribution < -0.4 is 0 Å². The van der Waals surface area contributed by atoms with Crippen molar-refractivity contribution in [3.63, 3.8) is 0 Å². The maximum absolute atomic E-state index is 13.8. The number of hydrogen-bond donors (Lipinski definition) is 1. The molecular weight excluding hydrogens is 273 g/mol. The van der Waals surface area contributed by atoms with Crippen LogP contribution in [0, 0.1) is 12.7 Å². The fourth-order valence-corrected chi connectivity index (χ4v) is 3.91. The number of sulfonamides is 1. The molecule has 1 aliphatic rings. The minimum atomic E-state index is -4.10. The Morgan fingerprint density at radius 1 is 1.47 bits per heavy atom. The quantitative estimate of drug-likeness (QED) is 0.911. The van der Waals surface area contributed by atoms with Gasteiger partial charge in [-0.3, -0.25) is 4.79 Å². The van der Waals surface area contributed by atoms with Gasteiger partial charge in [-0.2, -0.15) is 4.31 Å². The molecule has 2 rings (SSSR count). The van der Waals surface area contributed by atoms with Crippen LogP contribution in [0.15, 0.2) is 23.1 Å². The van der Waals surface area contributed by atoms with E-state index >= 15 is 0 Å². The van der Waals surface area contributed by atoms with Crippen LogP contribution in [0.4, 0.5) is 4.39 Å². The predicted molar refractivity (Wildman–Crippen MR) is 65.7 cm³/mol. The summed E-state index contributed by atoms with van der Waals surface area (Å²) < 4.78 is 39.2. The summed E-state index contributed by atoms with van der Waals surface area (Å²) in [7, 11) is -4.10. The van der Waals surface area contributed by atoms with Gasteiger partial charge in [0.25, 0.3) is 0 Å². The summed E-state index contributed by atoms with van der Waals surface area (Å²) in [6.45, 7) is 1.75. The number of carbonyl (C=O) groups is 1. The molecule has 0 aliphatic carbocycles. The van der Waals surface area contributed by atoms with Crippen LogP contribution in [0.2, 0.25) is 0 Å². The second-order valence-electron chi connectivity index (χ2n) is 4.55. The van der Waals surface area contributed by atoms with Crippen molar-refractivity contribution in [3.8, 4) is 0 Å². The first-order chi connectivity index (χ1) is 8.84. The first kappa shape index (κ1) is 14.0. The summed E-state index contributed by atoms with van der Waals surface area (Å²) in [6.07, 6.45) is 0.714. The lowest BCUT2D eigenvalue weighted by Gasteiger charge is -2.21. The van der Waals surface area contributed by atoms with Crippen LogP contribution in [0.3, 0.4) is 0 Å². The highest BCUT2D eigenvalue weighted by atomic mass is 32.2. The van der Waals surface area contributed by atoms with Crippen LogP contribution >= 0.6 is 0 Å². The number of benzene rings is 1. The number of carboxylic acids is 1. The molecule has 5 nitrogen and oxygen atoms in total. The number of rotatable bonds is 3. The topological polar surface area (TPSA) is 74.7 Å². The van der Waals surface area contributed by atoms with Gasteiger partial charge in [-0.25, -0.2) is 12.8 Å². The van der Waals surface area contributed by atoms with Gasteiger partial charge in [0.05, 0.1) is 0 Å². The Hall–Kier alpha value is -1.47. The van der Waals surface area contributed by atoms with E-state index in [9.17, 15) is 17.6 Å². The first-order valence-electron chi connectivity index (χ1n) is 5.85. The lowest BCUT2D eigenvalue weighted by atomic mass is 10.2. The van der Waals surface area contributed by atoms with Gasteiger partial charge in [0.15, 0.2) is 0 Å². The Bertz CT molecular complexity index is 614. The third kappa shape index (κ3) is 2.48. The molecule has 1 aromatic carbocycles. The van der Waals surface area contributed by atoms with Crippen molar-refractivity contribution in [2.24, 2.45) is 0 Å². The van der Waals surface area contributed by atoms with E-state index in [4.69, 9.17) is 5.11 Å². The summed E-state index contributed by atoms with van der Waals surface area (Å²) in [5, 5.41) is 9.01. The summed E-state index contributed by atoms with van der Waals surface area (Å²) in [5.41, 5.74) is 0.604. The van der Waals surface area contributed by atoms with Gasteiger partial charge in [-0.15, -0.1) is 0 Å². The molecule has 0 saturated carbocycles. The Kier molecular flexibility index (Phi) is 3.60. The number of aryl methyl sites for hydroxylation is 1. The van der Waals surface area contributed by atoms with Crippen LogP contribution in [-0.2, 0) is 14.8 Å². The molecule has 1 saturated heterocycles. The zero-order valence-electron chi connectivity index (χ0n) is 10.3. The van der Waals surface area contributed by atoms with Gasteiger partial charge >= 0.3 is 5.97 Å². The molecule has 0 aromatic heterocycles. The molecule has 0 radical (unpaired) electrons. The molecule has 0 spiro atoms. The number of carboxylic acid groups (broad SMARTS) is 1. The standard InChI is InChI=1S/C12H14FNO4S/c1-8-4-5-11(9(13)7-8)19(17,18)14-6-2-3-10(14)12(15)16/h4-5,7,10H,2-3,6H2,1H3,(H,15,16)/t10-/m0/s1. The van der Waals surface area contributed by atoms with Gasteiger partial charge in [0.1, 0.15) is 16.8 Å². The third-order valence-electron chi connectivity index (χ3n) is 3.16. The van der Waals surface area contributed by atoms with Crippen molar-refractivity contribution in [1.82, 2.24) is 4.31 Å². The van der Waals surface area contributed by atoms with Crippen molar-refractivity contribution in [2.45, 2.75) is 30.7 Å².